The second-order valence-electron chi connectivity index (χ2n) is 6.77. The molecule has 2 aromatic carbocycles. The molecule has 156 valence electrons. The number of nitriles is 1. The van der Waals surface area contributed by atoms with Crippen molar-refractivity contribution in [3.63, 3.8) is 0 Å². The number of pyridine rings is 1. The van der Waals surface area contributed by atoms with Crippen LogP contribution in [0.1, 0.15) is 33.2 Å². The number of aliphatic imine (C=N–C) groups is 1. The van der Waals surface area contributed by atoms with Gasteiger partial charge in [0, 0.05) is 22.3 Å². The van der Waals surface area contributed by atoms with Crippen LogP contribution in [-0.4, -0.2) is 16.9 Å². The molecule has 0 saturated heterocycles. The highest BCUT2D eigenvalue weighted by molar-refractivity contribution is 6.30. The van der Waals surface area contributed by atoms with Gasteiger partial charge in [-0.15, -0.1) is 0 Å². The van der Waals surface area contributed by atoms with Crippen LogP contribution in [0.3, 0.4) is 0 Å². The number of guanidine groups is 1. The van der Waals surface area contributed by atoms with Crippen LogP contribution in [0.25, 0.3) is 0 Å². The Hall–Kier alpha value is -3.89. The molecule has 0 radical (unpaired) electrons. The van der Waals surface area contributed by atoms with Gasteiger partial charge in [0.25, 0.3) is 5.91 Å². The molecule has 0 aliphatic carbocycles. The van der Waals surface area contributed by atoms with E-state index in [1.807, 2.05) is 38.2 Å². The van der Waals surface area contributed by atoms with Crippen LogP contribution in [0.2, 0.25) is 5.02 Å². The van der Waals surface area contributed by atoms with Gasteiger partial charge in [-0.05, 0) is 61.4 Å². The molecular formula is C23H21ClN6O. The second kappa shape index (κ2) is 10.2. The Kier molecular flexibility index (Phi) is 7.20. The Morgan fingerprint density at radius 1 is 1.10 bits per heavy atom. The number of nitrogens with zero attached hydrogens (tertiary/aromatic N) is 3. The standard InChI is InChI=1S/C23H21ClN6O/c1-15-5-3-6-16(2)20(15)21(29-22(31)17-8-10-18(24)11-9-17)30-23(27-14-25)28-19-7-4-12-26-13-19/h3-13,21H,1-2H3,(H,29,31)(H2,27,28,30). The number of halogens is 1. The fourth-order valence-corrected chi connectivity index (χ4v) is 3.21. The van der Waals surface area contributed by atoms with Crippen molar-refractivity contribution >= 4 is 29.2 Å². The highest BCUT2D eigenvalue weighted by Gasteiger charge is 2.20. The van der Waals surface area contributed by atoms with Gasteiger partial charge in [0.15, 0.2) is 12.4 Å². The predicted octanol–water partition coefficient (Wildman–Crippen LogP) is 4.32. The van der Waals surface area contributed by atoms with Gasteiger partial charge < -0.3 is 10.6 Å². The van der Waals surface area contributed by atoms with Crippen molar-refractivity contribution in [1.82, 2.24) is 15.6 Å². The summed E-state index contributed by atoms with van der Waals surface area (Å²) in [4.78, 5) is 21.6. The zero-order valence-corrected chi connectivity index (χ0v) is 17.8. The van der Waals surface area contributed by atoms with E-state index in [1.165, 1.54) is 0 Å². The van der Waals surface area contributed by atoms with Gasteiger partial charge in [-0.2, -0.15) is 5.26 Å². The van der Waals surface area contributed by atoms with Crippen LogP contribution < -0.4 is 16.0 Å². The summed E-state index contributed by atoms with van der Waals surface area (Å²) >= 11 is 5.93. The summed E-state index contributed by atoms with van der Waals surface area (Å²) in [6.45, 7) is 3.90. The summed E-state index contributed by atoms with van der Waals surface area (Å²) in [6.07, 6.45) is 4.38. The van der Waals surface area contributed by atoms with Crippen molar-refractivity contribution in [2.75, 3.05) is 5.32 Å². The van der Waals surface area contributed by atoms with E-state index in [0.29, 0.717) is 16.3 Å². The summed E-state index contributed by atoms with van der Waals surface area (Å²) in [5.74, 6) is -0.134. The summed E-state index contributed by atoms with van der Waals surface area (Å²) in [5.41, 5.74) is 3.86. The molecule has 0 bridgehead atoms. The molecule has 8 heteroatoms. The Morgan fingerprint density at radius 3 is 2.42 bits per heavy atom. The zero-order valence-electron chi connectivity index (χ0n) is 17.1. The maximum Gasteiger partial charge on any atom is 0.253 e. The molecule has 0 aliphatic rings. The highest BCUT2D eigenvalue weighted by Crippen LogP contribution is 2.24. The molecule has 3 N–H and O–H groups in total. The van der Waals surface area contributed by atoms with Crippen LogP contribution in [0.5, 0.6) is 0 Å². The minimum absolute atomic E-state index is 0.180. The lowest BCUT2D eigenvalue weighted by molar-refractivity contribution is 0.0938. The maximum absolute atomic E-state index is 12.9. The summed E-state index contributed by atoms with van der Waals surface area (Å²) in [7, 11) is 0. The topological polar surface area (TPSA) is 102 Å². The number of benzene rings is 2. The highest BCUT2D eigenvalue weighted by atomic mass is 35.5. The molecule has 0 aliphatic heterocycles. The monoisotopic (exact) mass is 432 g/mol. The molecular weight excluding hydrogens is 412 g/mol. The average molecular weight is 433 g/mol. The third-order valence-electron chi connectivity index (χ3n) is 4.55. The Bertz CT molecular complexity index is 1100. The van der Waals surface area contributed by atoms with Crippen molar-refractivity contribution < 1.29 is 4.79 Å². The number of amides is 1. The van der Waals surface area contributed by atoms with Crippen molar-refractivity contribution in [2.24, 2.45) is 4.99 Å². The lowest BCUT2D eigenvalue weighted by atomic mass is 10.00. The first-order valence-electron chi connectivity index (χ1n) is 9.50. The van der Waals surface area contributed by atoms with Crippen LogP contribution in [0.15, 0.2) is 72.0 Å². The maximum atomic E-state index is 12.9. The minimum Gasteiger partial charge on any atom is -0.326 e. The predicted molar refractivity (Wildman–Crippen MR) is 122 cm³/mol. The van der Waals surface area contributed by atoms with Crippen molar-refractivity contribution in [3.05, 3.63) is 94.3 Å². The summed E-state index contributed by atoms with van der Waals surface area (Å²) in [6, 6.07) is 16.0. The van der Waals surface area contributed by atoms with Gasteiger partial charge in [-0.25, -0.2) is 4.99 Å². The number of aromatic nitrogens is 1. The Balaban J connectivity index is 1.99. The van der Waals surface area contributed by atoms with Crippen LogP contribution in [0, 0.1) is 25.3 Å². The van der Waals surface area contributed by atoms with Crippen LogP contribution in [-0.2, 0) is 0 Å². The fourth-order valence-electron chi connectivity index (χ4n) is 3.09. The summed E-state index contributed by atoms with van der Waals surface area (Å²) in [5, 5.41) is 18.3. The first-order valence-corrected chi connectivity index (χ1v) is 9.88. The zero-order chi connectivity index (χ0) is 22.2. The van der Waals surface area contributed by atoms with Gasteiger partial charge in [0.05, 0.1) is 11.9 Å². The first-order chi connectivity index (χ1) is 15.0. The molecule has 7 nitrogen and oxygen atoms in total. The molecule has 0 fully saturated rings. The molecule has 31 heavy (non-hydrogen) atoms. The molecule has 3 aromatic rings. The molecule has 1 unspecified atom stereocenters. The first kappa shape index (κ1) is 21.8. The average Bonchev–Trinajstić information content (AvgIpc) is 2.75. The van der Waals surface area contributed by atoms with Gasteiger partial charge in [0.2, 0.25) is 5.96 Å². The number of rotatable bonds is 5. The molecule has 3 rings (SSSR count). The number of carbonyl (C=O) groups is 1. The SMILES string of the molecule is Cc1cccc(C)c1C(N=C(NC#N)Nc1cccnc1)NC(=O)c1ccc(Cl)cc1. The number of hydrogen-bond donors (Lipinski definition) is 3. The van der Waals surface area contributed by atoms with Crippen LogP contribution in [0.4, 0.5) is 5.69 Å². The van der Waals surface area contributed by atoms with Crippen molar-refractivity contribution in [2.45, 2.75) is 20.0 Å². The molecule has 0 spiro atoms. The van der Waals surface area contributed by atoms with Gasteiger partial charge in [-0.1, -0.05) is 29.8 Å². The smallest absolute Gasteiger partial charge is 0.253 e. The lowest BCUT2D eigenvalue weighted by Gasteiger charge is -2.21. The Labute approximate surface area is 185 Å². The van der Waals surface area contributed by atoms with E-state index in [9.17, 15) is 10.1 Å². The van der Waals surface area contributed by atoms with E-state index in [0.717, 1.165) is 16.7 Å². The van der Waals surface area contributed by atoms with E-state index in [1.54, 1.807) is 48.8 Å². The third-order valence-corrected chi connectivity index (χ3v) is 4.80. The molecule has 1 aromatic heterocycles. The third kappa shape index (κ3) is 5.81. The number of carbonyl (C=O) groups excluding carboxylic acids is 1. The van der Waals surface area contributed by atoms with E-state index < -0.39 is 6.17 Å². The number of nitrogens with one attached hydrogen (secondary N) is 3. The quantitative estimate of drug-likeness (QED) is 0.241. The normalized spacial score (nSPS) is 11.9. The van der Waals surface area contributed by atoms with E-state index in [-0.39, 0.29) is 11.9 Å². The van der Waals surface area contributed by atoms with E-state index in [2.05, 4.69) is 25.9 Å². The van der Waals surface area contributed by atoms with E-state index in [4.69, 9.17) is 11.6 Å². The minimum atomic E-state index is -0.746. The van der Waals surface area contributed by atoms with Crippen LogP contribution >= 0.6 is 11.6 Å². The number of hydrogen-bond acceptors (Lipinski definition) is 4. The largest absolute Gasteiger partial charge is 0.326 e. The lowest BCUT2D eigenvalue weighted by Crippen LogP contribution is -2.33. The Morgan fingerprint density at radius 2 is 1.81 bits per heavy atom. The fraction of sp³-hybridized carbons (Fsp3) is 0.130. The van der Waals surface area contributed by atoms with Gasteiger partial charge in [0.1, 0.15) is 0 Å². The second-order valence-corrected chi connectivity index (χ2v) is 7.21. The van der Waals surface area contributed by atoms with Crippen molar-refractivity contribution in [3.8, 4) is 6.19 Å². The molecule has 1 amide bonds. The molecule has 0 saturated carbocycles. The van der Waals surface area contributed by atoms with Crippen molar-refractivity contribution in [1.29, 1.82) is 5.26 Å². The van der Waals surface area contributed by atoms with E-state index >= 15 is 0 Å². The summed E-state index contributed by atoms with van der Waals surface area (Å²) < 4.78 is 0. The van der Waals surface area contributed by atoms with Gasteiger partial charge in [-0.3, -0.25) is 15.1 Å². The number of anilines is 1. The molecule has 1 atom stereocenters. The number of aryl methyl sites for hydroxylation is 2. The van der Waals surface area contributed by atoms with Gasteiger partial charge >= 0.3 is 0 Å². The molecule has 1 heterocycles.